The number of amides is 1. The van der Waals surface area contributed by atoms with Crippen LogP contribution in [0.15, 0.2) is 24.3 Å². The van der Waals surface area contributed by atoms with Crippen molar-refractivity contribution < 1.29 is 24.2 Å². The molecule has 1 aliphatic carbocycles. The van der Waals surface area contributed by atoms with Crippen molar-refractivity contribution in [2.45, 2.75) is 57.3 Å². The number of methoxy groups -OCH3 is 1. The van der Waals surface area contributed by atoms with Crippen molar-refractivity contribution in [1.29, 1.82) is 0 Å². The van der Waals surface area contributed by atoms with E-state index >= 15 is 0 Å². The van der Waals surface area contributed by atoms with Crippen LogP contribution < -0.4 is 10.1 Å². The number of ether oxygens (including phenoxy) is 2. The van der Waals surface area contributed by atoms with E-state index in [1.165, 1.54) is 7.11 Å². The third kappa shape index (κ3) is 3.87. The molecule has 6 heteroatoms. The van der Waals surface area contributed by atoms with Gasteiger partial charge in [0, 0.05) is 0 Å². The zero-order valence-corrected chi connectivity index (χ0v) is 14.6. The average molecular weight is 335 g/mol. The molecule has 0 heterocycles. The Morgan fingerprint density at radius 3 is 2.71 bits per heavy atom. The highest BCUT2D eigenvalue weighted by Gasteiger charge is 2.47. The van der Waals surface area contributed by atoms with Crippen LogP contribution in [-0.2, 0) is 15.1 Å². The molecular formula is C18H25NO5. The van der Waals surface area contributed by atoms with Crippen LogP contribution in [-0.4, -0.2) is 35.8 Å². The van der Waals surface area contributed by atoms with E-state index in [9.17, 15) is 14.7 Å². The molecule has 2 rings (SSSR count). The van der Waals surface area contributed by atoms with Gasteiger partial charge in [0.25, 0.3) is 0 Å². The summed E-state index contributed by atoms with van der Waals surface area (Å²) < 4.78 is 10.5. The van der Waals surface area contributed by atoms with Crippen LogP contribution in [0.3, 0.4) is 0 Å². The van der Waals surface area contributed by atoms with E-state index < -0.39 is 29.1 Å². The van der Waals surface area contributed by atoms with Crippen LogP contribution in [0.1, 0.15) is 45.6 Å². The molecule has 0 aliphatic heterocycles. The van der Waals surface area contributed by atoms with E-state index in [0.717, 1.165) is 0 Å². The summed E-state index contributed by atoms with van der Waals surface area (Å²) in [4.78, 5) is 25.1. The lowest BCUT2D eigenvalue weighted by Gasteiger charge is -2.39. The summed E-state index contributed by atoms with van der Waals surface area (Å²) in [5.74, 6) is 0.151. The van der Waals surface area contributed by atoms with E-state index in [0.29, 0.717) is 30.6 Å². The molecule has 2 atom stereocenters. The van der Waals surface area contributed by atoms with Crippen molar-refractivity contribution in [3.05, 3.63) is 29.8 Å². The summed E-state index contributed by atoms with van der Waals surface area (Å²) in [6, 6.07) is 6.96. The van der Waals surface area contributed by atoms with Gasteiger partial charge in [-0.25, -0.2) is 4.79 Å². The van der Waals surface area contributed by atoms with Gasteiger partial charge in [0.15, 0.2) is 5.78 Å². The zero-order valence-electron chi connectivity index (χ0n) is 14.6. The van der Waals surface area contributed by atoms with Gasteiger partial charge >= 0.3 is 6.09 Å². The number of aliphatic hydroxyl groups is 1. The predicted octanol–water partition coefficient (Wildman–Crippen LogP) is 2.53. The molecule has 1 aromatic rings. The molecule has 1 aliphatic rings. The monoisotopic (exact) mass is 335 g/mol. The molecule has 1 amide bonds. The molecule has 24 heavy (non-hydrogen) atoms. The standard InChI is InChI=1S/C18H25NO5/c1-17(2,3)24-16(22)19-18(10-6-9-14(20)15(18)21)12-7-5-8-13(11-12)23-4/h5,7-8,11,14,20H,6,9-10H2,1-4H3,(H,19,22). The Morgan fingerprint density at radius 2 is 2.08 bits per heavy atom. The number of carbonyl (C=O) groups is 2. The van der Waals surface area contributed by atoms with Crippen LogP contribution in [0.25, 0.3) is 0 Å². The summed E-state index contributed by atoms with van der Waals surface area (Å²) in [5.41, 5.74) is -1.42. The fraction of sp³-hybridized carbons (Fsp3) is 0.556. The second-order valence-electron chi connectivity index (χ2n) is 7.04. The number of rotatable bonds is 3. The van der Waals surface area contributed by atoms with Crippen LogP contribution >= 0.6 is 0 Å². The maximum absolute atomic E-state index is 12.8. The van der Waals surface area contributed by atoms with Gasteiger partial charge in [-0.3, -0.25) is 4.79 Å². The predicted molar refractivity (Wildman–Crippen MR) is 88.9 cm³/mol. The van der Waals surface area contributed by atoms with E-state index in [1.54, 1.807) is 45.0 Å². The zero-order chi connectivity index (χ0) is 18.0. The summed E-state index contributed by atoms with van der Waals surface area (Å²) >= 11 is 0. The lowest BCUT2D eigenvalue weighted by molar-refractivity contribution is -0.138. The summed E-state index contributed by atoms with van der Waals surface area (Å²) in [6.07, 6.45) is -0.400. The first kappa shape index (κ1) is 18.3. The SMILES string of the molecule is COc1cccc(C2(NC(=O)OC(C)(C)C)CCCC(O)C2=O)c1. The number of aliphatic hydroxyl groups excluding tert-OH is 1. The third-order valence-corrected chi connectivity index (χ3v) is 4.03. The van der Waals surface area contributed by atoms with Crippen molar-refractivity contribution in [3.63, 3.8) is 0 Å². The molecule has 0 radical (unpaired) electrons. The number of hydrogen-bond donors (Lipinski definition) is 2. The first-order chi connectivity index (χ1) is 11.2. The highest BCUT2D eigenvalue weighted by Crippen LogP contribution is 2.36. The third-order valence-electron chi connectivity index (χ3n) is 4.03. The molecule has 6 nitrogen and oxygen atoms in total. The normalized spacial score (nSPS) is 24.4. The molecular weight excluding hydrogens is 310 g/mol. The van der Waals surface area contributed by atoms with Gasteiger partial charge in [-0.1, -0.05) is 12.1 Å². The maximum atomic E-state index is 12.8. The van der Waals surface area contributed by atoms with E-state index in [4.69, 9.17) is 9.47 Å². The smallest absolute Gasteiger partial charge is 0.408 e. The Bertz CT molecular complexity index is 622. The first-order valence-corrected chi connectivity index (χ1v) is 8.06. The van der Waals surface area contributed by atoms with Crippen molar-refractivity contribution in [3.8, 4) is 5.75 Å². The topological polar surface area (TPSA) is 84.9 Å². The molecule has 0 saturated heterocycles. The Labute approximate surface area is 142 Å². The molecule has 132 valence electrons. The second kappa shape index (κ2) is 6.81. The molecule has 1 fully saturated rings. The lowest BCUT2D eigenvalue weighted by Crippen LogP contribution is -2.58. The van der Waals surface area contributed by atoms with Crippen molar-refractivity contribution >= 4 is 11.9 Å². The van der Waals surface area contributed by atoms with Crippen molar-refractivity contribution in [2.24, 2.45) is 0 Å². The second-order valence-corrected chi connectivity index (χ2v) is 7.04. The van der Waals surface area contributed by atoms with E-state index in [2.05, 4.69) is 5.32 Å². The largest absolute Gasteiger partial charge is 0.497 e. The van der Waals surface area contributed by atoms with Gasteiger partial charge in [-0.05, 0) is 57.7 Å². The van der Waals surface area contributed by atoms with Gasteiger partial charge in [0.2, 0.25) is 0 Å². The Hall–Kier alpha value is -2.08. The summed E-state index contributed by atoms with van der Waals surface area (Å²) in [6.45, 7) is 5.26. The minimum atomic E-state index is -1.31. The van der Waals surface area contributed by atoms with Gasteiger partial charge in [-0.2, -0.15) is 0 Å². The molecule has 0 aromatic heterocycles. The number of hydrogen-bond acceptors (Lipinski definition) is 5. The van der Waals surface area contributed by atoms with Gasteiger partial charge in [-0.15, -0.1) is 0 Å². The van der Waals surface area contributed by atoms with Gasteiger partial charge < -0.3 is 19.9 Å². The summed E-state index contributed by atoms with van der Waals surface area (Å²) in [5, 5.41) is 12.8. The maximum Gasteiger partial charge on any atom is 0.408 e. The number of benzene rings is 1. The summed E-state index contributed by atoms with van der Waals surface area (Å²) in [7, 11) is 1.53. The minimum absolute atomic E-state index is 0.389. The quantitative estimate of drug-likeness (QED) is 0.887. The van der Waals surface area contributed by atoms with Crippen LogP contribution in [0.2, 0.25) is 0 Å². The van der Waals surface area contributed by atoms with E-state index in [1.807, 2.05) is 0 Å². The molecule has 2 N–H and O–H groups in total. The highest BCUT2D eigenvalue weighted by molar-refractivity contribution is 5.96. The fourth-order valence-corrected chi connectivity index (χ4v) is 2.95. The Morgan fingerprint density at radius 1 is 1.38 bits per heavy atom. The van der Waals surface area contributed by atoms with Crippen LogP contribution in [0.4, 0.5) is 4.79 Å². The van der Waals surface area contributed by atoms with Crippen LogP contribution in [0.5, 0.6) is 5.75 Å². The number of ketones is 1. The lowest BCUT2D eigenvalue weighted by atomic mass is 9.74. The Kier molecular flexibility index (Phi) is 5.18. The molecule has 0 spiro atoms. The molecule has 2 unspecified atom stereocenters. The fourth-order valence-electron chi connectivity index (χ4n) is 2.95. The molecule has 1 saturated carbocycles. The minimum Gasteiger partial charge on any atom is -0.497 e. The highest BCUT2D eigenvalue weighted by atomic mass is 16.6. The van der Waals surface area contributed by atoms with E-state index in [-0.39, 0.29) is 0 Å². The van der Waals surface area contributed by atoms with Gasteiger partial charge in [0.1, 0.15) is 23.0 Å². The number of alkyl carbamates (subject to hydrolysis) is 1. The van der Waals surface area contributed by atoms with Crippen LogP contribution in [0, 0.1) is 0 Å². The van der Waals surface area contributed by atoms with Gasteiger partial charge in [0.05, 0.1) is 7.11 Å². The van der Waals surface area contributed by atoms with Crippen molar-refractivity contribution in [1.82, 2.24) is 5.32 Å². The van der Waals surface area contributed by atoms with Crippen molar-refractivity contribution in [2.75, 3.05) is 7.11 Å². The Balaban J connectivity index is 2.42. The number of Topliss-reactive ketones (excluding diaryl/α,β-unsaturated/α-hetero) is 1. The first-order valence-electron chi connectivity index (χ1n) is 8.06. The number of carbonyl (C=O) groups excluding carboxylic acids is 2. The number of nitrogens with one attached hydrogen (secondary N) is 1. The average Bonchev–Trinajstić information content (AvgIpc) is 2.50. The molecule has 0 bridgehead atoms. The molecule has 1 aromatic carbocycles.